The third kappa shape index (κ3) is 2.19. The van der Waals surface area contributed by atoms with E-state index in [4.69, 9.17) is 5.11 Å². The topological polar surface area (TPSA) is 40.5 Å². The summed E-state index contributed by atoms with van der Waals surface area (Å²) in [5.41, 5.74) is 2.97. The fourth-order valence-corrected chi connectivity index (χ4v) is 1.29. The van der Waals surface area contributed by atoms with Crippen molar-refractivity contribution in [1.82, 2.24) is 0 Å². The van der Waals surface area contributed by atoms with Gasteiger partial charge >= 0.3 is 0 Å². The normalized spacial score (nSPS) is 23.5. The Bertz CT molecular complexity index is 168. The molecule has 1 aliphatic carbocycles. The smallest absolute Gasteiger partial charge is 0.0830 e. The average Bonchev–Trinajstić information content (AvgIpc) is 2.05. The summed E-state index contributed by atoms with van der Waals surface area (Å²) < 4.78 is 0. The number of hydrogen-bond donors (Lipinski definition) is 2. The monoisotopic (exact) mass is 154 g/mol. The number of aliphatic hydroxyl groups is 2. The predicted octanol–water partition coefficient (Wildman–Crippen LogP) is 0.849. The Morgan fingerprint density at radius 3 is 2.36 bits per heavy atom. The van der Waals surface area contributed by atoms with Gasteiger partial charge in [-0.05, 0) is 37.8 Å². The molecule has 0 fully saturated rings. The van der Waals surface area contributed by atoms with Crippen LogP contribution in [0, 0.1) is 5.92 Å². The maximum absolute atomic E-state index is 9.43. The van der Waals surface area contributed by atoms with E-state index in [9.17, 15) is 5.11 Å². The van der Waals surface area contributed by atoms with Crippen molar-refractivity contribution >= 4 is 0 Å². The van der Waals surface area contributed by atoms with Crippen LogP contribution in [-0.4, -0.2) is 22.4 Å². The summed E-state index contributed by atoms with van der Waals surface area (Å²) in [6.07, 6.45) is 4.23. The Kier molecular flexibility index (Phi) is 2.89. The quantitative estimate of drug-likeness (QED) is 0.579. The zero-order chi connectivity index (χ0) is 8.27. The molecule has 0 heterocycles. The third-order valence-corrected chi connectivity index (χ3v) is 2.05. The van der Waals surface area contributed by atoms with E-state index in [2.05, 4.69) is 5.73 Å². The molecule has 2 nitrogen and oxygen atoms in total. The lowest BCUT2D eigenvalue weighted by Crippen LogP contribution is -2.31. The van der Waals surface area contributed by atoms with Crippen molar-refractivity contribution in [3.05, 3.63) is 17.9 Å². The molecular weight excluding hydrogens is 140 g/mol. The Hall–Kier alpha value is -0.560. The summed E-state index contributed by atoms with van der Waals surface area (Å²) in [6.45, 7) is 1.62. The summed E-state index contributed by atoms with van der Waals surface area (Å²) in [4.78, 5) is 0. The molecule has 11 heavy (non-hydrogen) atoms. The predicted molar refractivity (Wildman–Crippen MR) is 43.1 cm³/mol. The second-order valence-corrected chi connectivity index (χ2v) is 3.04. The highest BCUT2D eigenvalue weighted by Gasteiger charge is 2.22. The Morgan fingerprint density at radius 2 is 1.91 bits per heavy atom. The molecule has 0 radical (unpaired) electrons. The lowest BCUT2D eigenvalue weighted by atomic mass is 9.90. The lowest BCUT2D eigenvalue weighted by Gasteiger charge is -2.23. The van der Waals surface area contributed by atoms with E-state index in [-0.39, 0.29) is 5.92 Å². The van der Waals surface area contributed by atoms with Crippen molar-refractivity contribution < 1.29 is 10.2 Å². The lowest BCUT2D eigenvalue weighted by molar-refractivity contribution is -0.00607. The van der Waals surface area contributed by atoms with Gasteiger partial charge in [0.1, 0.15) is 0 Å². The van der Waals surface area contributed by atoms with Gasteiger partial charge in [-0.3, -0.25) is 0 Å². The van der Waals surface area contributed by atoms with Crippen LogP contribution in [0.25, 0.3) is 0 Å². The van der Waals surface area contributed by atoms with Crippen LogP contribution < -0.4 is 0 Å². The van der Waals surface area contributed by atoms with Crippen LogP contribution in [0.4, 0.5) is 0 Å². The average molecular weight is 154 g/mol. The van der Waals surface area contributed by atoms with Crippen molar-refractivity contribution in [2.24, 2.45) is 5.92 Å². The van der Waals surface area contributed by atoms with Gasteiger partial charge in [0.25, 0.3) is 0 Å². The zero-order valence-corrected chi connectivity index (χ0v) is 6.70. The molecule has 0 spiro atoms. The van der Waals surface area contributed by atoms with E-state index < -0.39 is 12.2 Å². The molecule has 0 saturated heterocycles. The third-order valence-electron chi connectivity index (χ3n) is 2.05. The summed E-state index contributed by atoms with van der Waals surface area (Å²) in [7, 11) is 0. The first kappa shape index (κ1) is 8.54. The van der Waals surface area contributed by atoms with Crippen LogP contribution in [0.15, 0.2) is 17.9 Å². The molecule has 2 atom stereocenters. The van der Waals surface area contributed by atoms with Gasteiger partial charge in [-0.2, -0.15) is 0 Å². The number of aliphatic hydroxyl groups excluding tert-OH is 2. The molecule has 1 rings (SSSR count). The van der Waals surface area contributed by atoms with Gasteiger partial charge in [0.2, 0.25) is 0 Å². The summed E-state index contributed by atoms with van der Waals surface area (Å²) in [5, 5.41) is 18.5. The molecule has 2 N–H and O–H groups in total. The largest absolute Gasteiger partial charge is 0.391 e. The van der Waals surface area contributed by atoms with Crippen molar-refractivity contribution in [2.75, 3.05) is 0 Å². The fraction of sp³-hybridized carbons (Fsp3) is 0.667. The van der Waals surface area contributed by atoms with Crippen LogP contribution in [0.5, 0.6) is 0 Å². The van der Waals surface area contributed by atoms with Gasteiger partial charge in [-0.15, -0.1) is 5.73 Å². The summed E-state index contributed by atoms with van der Waals surface area (Å²) in [6, 6.07) is 0. The van der Waals surface area contributed by atoms with Crippen LogP contribution in [0.1, 0.15) is 19.8 Å². The van der Waals surface area contributed by atoms with E-state index in [1.54, 1.807) is 6.92 Å². The number of hydrogen-bond acceptors (Lipinski definition) is 2. The number of rotatable bonds is 2. The Labute approximate surface area is 66.9 Å². The minimum absolute atomic E-state index is 0.177. The molecule has 1 aliphatic rings. The van der Waals surface area contributed by atoms with E-state index in [1.807, 2.05) is 12.2 Å². The van der Waals surface area contributed by atoms with E-state index in [1.165, 1.54) is 0 Å². The highest BCUT2D eigenvalue weighted by atomic mass is 16.3. The van der Waals surface area contributed by atoms with Gasteiger partial charge < -0.3 is 10.2 Å². The molecule has 0 aromatic heterocycles. The SMILES string of the molecule is CC(O)C(O)C1CC=C=CC1. The molecule has 0 aliphatic heterocycles. The fourth-order valence-electron chi connectivity index (χ4n) is 1.29. The van der Waals surface area contributed by atoms with Gasteiger partial charge in [0.05, 0.1) is 12.2 Å². The van der Waals surface area contributed by atoms with Gasteiger partial charge in [-0.25, -0.2) is 0 Å². The molecule has 0 bridgehead atoms. The maximum atomic E-state index is 9.43. The molecule has 2 unspecified atom stereocenters. The standard InChI is InChI=1S/C9H14O2/c1-7(10)9(11)8-5-3-2-4-6-8/h3-4,7-11H,5-6H2,1H3. The molecule has 0 aromatic rings. The van der Waals surface area contributed by atoms with Crippen molar-refractivity contribution in [3.63, 3.8) is 0 Å². The Balaban J connectivity index is 2.44. The molecule has 0 aromatic carbocycles. The summed E-state index contributed by atoms with van der Waals surface area (Å²) in [5.74, 6) is 0.177. The first-order valence-corrected chi connectivity index (χ1v) is 3.97. The second-order valence-electron chi connectivity index (χ2n) is 3.04. The molecule has 0 saturated carbocycles. The highest BCUT2D eigenvalue weighted by Crippen LogP contribution is 2.19. The second kappa shape index (κ2) is 3.72. The van der Waals surface area contributed by atoms with Gasteiger partial charge in [0.15, 0.2) is 0 Å². The van der Waals surface area contributed by atoms with Crippen LogP contribution in [0.2, 0.25) is 0 Å². The first-order chi connectivity index (χ1) is 5.22. The first-order valence-electron chi connectivity index (χ1n) is 3.97. The molecule has 2 heteroatoms. The molecule has 62 valence electrons. The van der Waals surface area contributed by atoms with Crippen LogP contribution in [0.3, 0.4) is 0 Å². The zero-order valence-electron chi connectivity index (χ0n) is 6.70. The van der Waals surface area contributed by atoms with Gasteiger partial charge in [0, 0.05) is 0 Å². The number of allylic oxidation sites excluding steroid dienone is 1. The van der Waals surface area contributed by atoms with Crippen molar-refractivity contribution in [3.8, 4) is 0 Å². The highest BCUT2D eigenvalue weighted by molar-refractivity contribution is 4.96. The maximum Gasteiger partial charge on any atom is 0.0830 e. The van der Waals surface area contributed by atoms with Crippen molar-refractivity contribution in [2.45, 2.75) is 32.0 Å². The minimum Gasteiger partial charge on any atom is -0.391 e. The minimum atomic E-state index is -0.625. The molecular formula is C9H14O2. The van der Waals surface area contributed by atoms with Crippen LogP contribution >= 0.6 is 0 Å². The van der Waals surface area contributed by atoms with Gasteiger partial charge in [-0.1, -0.05) is 0 Å². The van der Waals surface area contributed by atoms with E-state index >= 15 is 0 Å². The van der Waals surface area contributed by atoms with E-state index in [0.717, 1.165) is 12.8 Å². The summed E-state index contributed by atoms with van der Waals surface area (Å²) >= 11 is 0. The molecule has 0 amide bonds. The Morgan fingerprint density at radius 1 is 1.36 bits per heavy atom. The van der Waals surface area contributed by atoms with Crippen molar-refractivity contribution in [1.29, 1.82) is 0 Å². The van der Waals surface area contributed by atoms with E-state index in [0.29, 0.717) is 0 Å². The van der Waals surface area contributed by atoms with Crippen LogP contribution in [-0.2, 0) is 0 Å².